The summed E-state index contributed by atoms with van der Waals surface area (Å²) < 4.78 is 5.84. The summed E-state index contributed by atoms with van der Waals surface area (Å²) in [6.45, 7) is 0. The molecule has 2 aromatic rings. The lowest BCUT2D eigenvalue weighted by molar-refractivity contribution is 0.420. The summed E-state index contributed by atoms with van der Waals surface area (Å²) in [5.41, 5.74) is 2.01. The molecule has 1 heterocycles. The van der Waals surface area contributed by atoms with Gasteiger partial charge in [-0.2, -0.15) is 0 Å². The first kappa shape index (κ1) is 9.27. The van der Waals surface area contributed by atoms with Gasteiger partial charge < -0.3 is 9.42 Å². The van der Waals surface area contributed by atoms with E-state index in [1.807, 2.05) is 36.2 Å². The number of aromatic nitrogens is 1. The molecule has 0 unspecified atom stereocenters. The van der Waals surface area contributed by atoms with Crippen LogP contribution in [0, 0.1) is 0 Å². The zero-order chi connectivity index (χ0) is 9.97. The Hall–Kier alpha value is -1.29. The third-order valence-corrected chi connectivity index (χ3v) is 2.69. The highest BCUT2D eigenvalue weighted by atomic mass is 79.9. The Bertz CT molecular complexity index is 414. The molecule has 0 fully saturated rings. The van der Waals surface area contributed by atoms with Gasteiger partial charge in [-0.05, 0) is 28.1 Å². The molecule has 72 valence electrons. The monoisotopic (exact) mass is 252 g/mol. The van der Waals surface area contributed by atoms with E-state index in [0.717, 1.165) is 15.8 Å². The molecule has 0 amide bonds. The maximum atomic E-state index is 4.79. The fourth-order valence-electron chi connectivity index (χ4n) is 1.23. The maximum Gasteiger partial charge on any atom is 0.147 e. The van der Waals surface area contributed by atoms with Crippen molar-refractivity contribution in [2.75, 3.05) is 11.9 Å². The summed E-state index contributed by atoms with van der Waals surface area (Å²) in [4.78, 5) is 2.00. The molecule has 3 nitrogen and oxygen atoms in total. The van der Waals surface area contributed by atoms with Gasteiger partial charge in [0, 0.05) is 11.5 Å². The summed E-state index contributed by atoms with van der Waals surface area (Å²) >= 11 is 3.49. The third-order valence-electron chi connectivity index (χ3n) is 2.02. The highest BCUT2D eigenvalue weighted by Crippen LogP contribution is 2.29. The van der Waals surface area contributed by atoms with Crippen molar-refractivity contribution in [3.63, 3.8) is 0 Å². The van der Waals surface area contributed by atoms with E-state index in [2.05, 4.69) is 21.1 Å². The Morgan fingerprint density at radius 2 is 2.14 bits per heavy atom. The minimum absolute atomic E-state index is 0.928. The minimum Gasteiger partial charge on any atom is -0.363 e. The Morgan fingerprint density at radius 1 is 1.36 bits per heavy atom. The summed E-state index contributed by atoms with van der Waals surface area (Å²) in [5, 5.41) is 3.67. The number of anilines is 2. The average molecular weight is 253 g/mol. The molecule has 14 heavy (non-hydrogen) atoms. The van der Waals surface area contributed by atoms with Gasteiger partial charge in [0.25, 0.3) is 0 Å². The van der Waals surface area contributed by atoms with Gasteiger partial charge in [0.05, 0.1) is 11.9 Å². The first-order valence-electron chi connectivity index (χ1n) is 4.16. The van der Waals surface area contributed by atoms with E-state index >= 15 is 0 Å². The van der Waals surface area contributed by atoms with Crippen LogP contribution in [0.3, 0.4) is 0 Å². The molecule has 0 spiro atoms. The first-order chi connectivity index (χ1) is 6.79. The van der Waals surface area contributed by atoms with Crippen molar-refractivity contribution < 1.29 is 4.52 Å². The molecule has 0 atom stereocenters. The highest BCUT2D eigenvalue weighted by molar-refractivity contribution is 9.10. The molecule has 1 aromatic carbocycles. The van der Waals surface area contributed by atoms with Gasteiger partial charge in [-0.15, -0.1) is 0 Å². The van der Waals surface area contributed by atoms with Crippen molar-refractivity contribution in [2.45, 2.75) is 0 Å². The Balaban J connectivity index is 2.37. The normalized spacial score (nSPS) is 10.1. The van der Waals surface area contributed by atoms with Crippen LogP contribution in [0.15, 0.2) is 45.7 Å². The molecular formula is C10H9BrN2O. The molecule has 0 aliphatic rings. The van der Waals surface area contributed by atoms with E-state index in [-0.39, 0.29) is 0 Å². The Morgan fingerprint density at radius 3 is 2.79 bits per heavy atom. The van der Waals surface area contributed by atoms with Crippen LogP contribution >= 0.6 is 15.9 Å². The number of hydrogen-bond acceptors (Lipinski definition) is 3. The lowest BCUT2D eigenvalue weighted by Gasteiger charge is -2.17. The molecular weight excluding hydrogens is 244 g/mol. The van der Waals surface area contributed by atoms with Gasteiger partial charge >= 0.3 is 0 Å². The van der Waals surface area contributed by atoms with E-state index in [1.54, 1.807) is 12.5 Å². The lowest BCUT2D eigenvalue weighted by atomic mass is 10.3. The Labute approximate surface area is 90.4 Å². The van der Waals surface area contributed by atoms with Crippen LogP contribution in [-0.4, -0.2) is 12.2 Å². The van der Waals surface area contributed by atoms with Gasteiger partial charge in [0.1, 0.15) is 12.0 Å². The van der Waals surface area contributed by atoms with Gasteiger partial charge in [-0.3, -0.25) is 0 Å². The predicted molar refractivity (Wildman–Crippen MR) is 58.7 cm³/mol. The van der Waals surface area contributed by atoms with Crippen molar-refractivity contribution >= 4 is 27.3 Å². The largest absolute Gasteiger partial charge is 0.363 e. The van der Waals surface area contributed by atoms with Crippen LogP contribution < -0.4 is 4.90 Å². The number of benzene rings is 1. The fourth-order valence-corrected chi connectivity index (χ4v) is 1.78. The molecule has 0 aliphatic carbocycles. The van der Waals surface area contributed by atoms with Crippen molar-refractivity contribution in [1.82, 2.24) is 5.16 Å². The van der Waals surface area contributed by atoms with Gasteiger partial charge in [0.2, 0.25) is 0 Å². The van der Waals surface area contributed by atoms with Gasteiger partial charge in [-0.1, -0.05) is 17.3 Å². The molecule has 0 radical (unpaired) electrons. The molecule has 1 aromatic heterocycles. The SMILES string of the molecule is CN(c1cnoc1)c1ccccc1Br. The summed E-state index contributed by atoms with van der Waals surface area (Å²) in [6.07, 6.45) is 3.29. The topological polar surface area (TPSA) is 29.3 Å². The third kappa shape index (κ3) is 1.65. The summed E-state index contributed by atoms with van der Waals surface area (Å²) in [6, 6.07) is 8.00. The predicted octanol–water partition coefficient (Wildman–Crippen LogP) is 3.21. The van der Waals surface area contributed by atoms with Crippen LogP contribution in [-0.2, 0) is 0 Å². The number of rotatable bonds is 2. The molecule has 2 rings (SSSR count). The van der Waals surface area contributed by atoms with Crippen molar-refractivity contribution in [1.29, 1.82) is 0 Å². The second-order valence-electron chi connectivity index (χ2n) is 2.89. The number of halogens is 1. The standard InChI is InChI=1S/C10H9BrN2O/c1-13(8-6-12-14-7-8)10-5-3-2-4-9(10)11/h2-7H,1H3. The molecule has 4 heteroatoms. The smallest absolute Gasteiger partial charge is 0.147 e. The fraction of sp³-hybridized carbons (Fsp3) is 0.100. The van der Waals surface area contributed by atoms with E-state index in [9.17, 15) is 0 Å². The quantitative estimate of drug-likeness (QED) is 0.822. The molecule has 0 saturated heterocycles. The second kappa shape index (κ2) is 3.84. The van der Waals surface area contributed by atoms with E-state index in [4.69, 9.17) is 4.52 Å². The average Bonchev–Trinajstić information content (AvgIpc) is 2.70. The van der Waals surface area contributed by atoms with E-state index in [0.29, 0.717) is 0 Å². The molecule has 0 saturated carbocycles. The first-order valence-corrected chi connectivity index (χ1v) is 4.96. The Kier molecular flexibility index (Phi) is 2.54. The van der Waals surface area contributed by atoms with E-state index < -0.39 is 0 Å². The molecule has 0 aliphatic heterocycles. The second-order valence-corrected chi connectivity index (χ2v) is 3.75. The van der Waals surface area contributed by atoms with Crippen molar-refractivity contribution in [3.8, 4) is 0 Å². The maximum absolute atomic E-state index is 4.79. The van der Waals surface area contributed by atoms with Crippen LogP contribution in [0.5, 0.6) is 0 Å². The molecule has 0 N–H and O–H groups in total. The van der Waals surface area contributed by atoms with E-state index in [1.165, 1.54) is 0 Å². The highest BCUT2D eigenvalue weighted by Gasteiger charge is 2.08. The minimum atomic E-state index is 0.928. The lowest BCUT2D eigenvalue weighted by Crippen LogP contribution is -2.08. The van der Waals surface area contributed by atoms with Crippen molar-refractivity contribution in [3.05, 3.63) is 41.2 Å². The number of nitrogens with zero attached hydrogens (tertiary/aromatic N) is 2. The van der Waals surface area contributed by atoms with Crippen LogP contribution in [0.1, 0.15) is 0 Å². The van der Waals surface area contributed by atoms with Gasteiger partial charge in [-0.25, -0.2) is 0 Å². The zero-order valence-electron chi connectivity index (χ0n) is 7.64. The van der Waals surface area contributed by atoms with Crippen LogP contribution in [0.2, 0.25) is 0 Å². The zero-order valence-corrected chi connectivity index (χ0v) is 9.23. The van der Waals surface area contributed by atoms with Crippen molar-refractivity contribution in [2.24, 2.45) is 0 Å². The van der Waals surface area contributed by atoms with Crippen LogP contribution in [0.4, 0.5) is 11.4 Å². The van der Waals surface area contributed by atoms with Gasteiger partial charge in [0.15, 0.2) is 0 Å². The summed E-state index contributed by atoms with van der Waals surface area (Å²) in [5.74, 6) is 0. The summed E-state index contributed by atoms with van der Waals surface area (Å²) in [7, 11) is 1.96. The molecule has 0 bridgehead atoms. The van der Waals surface area contributed by atoms with Crippen LogP contribution in [0.25, 0.3) is 0 Å². The number of para-hydroxylation sites is 1. The number of hydrogen-bond donors (Lipinski definition) is 0.